The molecule has 0 saturated carbocycles. The van der Waals surface area contributed by atoms with Crippen LogP contribution in [-0.4, -0.2) is 36.5 Å². The molecule has 0 atom stereocenters. The fourth-order valence-electron chi connectivity index (χ4n) is 2.52. The number of aryl methyl sites for hydroxylation is 2. The van der Waals surface area contributed by atoms with E-state index in [2.05, 4.69) is 36.2 Å². The number of hydrogen-bond donors (Lipinski definition) is 1. The van der Waals surface area contributed by atoms with Crippen LogP contribution in [0.5, 0.6) is 0 Å². The first-order valence-corrected chi connectivity index (χ1v) is 7.23. The molecule has 5 heteroatoms. The molecule has 2 rings (SSSR count). The van der Waals surface area contributed by atoms with Gasteiger partial charge < -0.3 is 10.1 Å². The minimum absolute atomic E-state index is 0.0638. The first kappa shape index (κ1) is 15.5. The predicted molar refractivity (Wildman–Crippen MR) is 79.7 cm³/mol. The van der Waals surface area contributed by atoms with Gasteiger partial charge in [-0.05, 0) is 43.0 Å². The Morgan fingerprint density at radius 3 is 2.29 bits per heavy atom. The number of fused-ring (bicyclic) bond motifs is 1. The van der Waals surface area contributed by atoms with E-state index in [0.29, 0.717) is 13.2 Å². The first-order valence-electron chi connectivity index (χ1n) is 7.23. The minimum atomic E-state index is -0.401. The molecule has 1 heterocycles. The minimum Gasteiger partial charge on any atom is -0.465 e. The van der Waals surface area contributed by atoms with Crippen LogP contribution in [0.3, 0.4) is 0 Å². The van der Waals surface area contributed by atoms with Gasteiger partial charge in [0, 0.05) is 13.1 Å². The van der Waals surface area contributed by atoms with Gasteiger partial charge >= 0.3 is 5.97 Å². The molecule has 1 amide bonds. The molecule has 0 unspecified atom stereocenters. The summed E-state index contributed by atoms with van der Waals surface area (Å²) in [4.78, 5) is 25.1. The van der Waals surface area contributed by atoms with E-state index in [0.717, 1.165) is 13.1 Å². The Labute approximate surface area is 125 Å². The summed E-state index contributed by atoms with van der Waals surface area (Å²) in [6, 6.07) is 4.39. The van der Waals surface area contributed by atoms with Crippen LogP contribution in [0, 0.1) is 13.8 Å². The van der Waals surface area contributed by atoms with Crippen molar-refractivity contribution in [2.45, 2.75) is 33.9 Å². The monoisotopic (exact) mass is 290 g/mol. The number of nitrogens with zero attached hydrogens (tertiary/aromatic N) is 1. The van der Waals surface area contributed by atoms with E-state index in [9.17, 15) is 9.59 Å². The molecule has 0 saturated heterocycles. The number of ether oxygens (including phenoxy) is 1. The Hall–Kier alpha value is -1.88. The summed E-state index contributed by atoms with van der Waals surface area (Å²) in [5.74, 6) is -0.550. The Bertz CT molecular complexity index is 524. The lowest BCUT2D eigenvalue weighted by Crippen LogP contribution is -2.37. The van der Waals surface area contributed by atoms with Gasteiger partial charge in [-0.1, -0.05) is 12.1 Å². The molecule has 1 aromatic rings. The zero-order valence-electron chi connectivity index (χ0n) is 12.9. The highest BCUT2D eigenvalue weighted by Crippen LogP contribution is 2.25. The van der Waals surface area contributed by atoms with Crippen molar-refractivity contribution in [3.63, 3.8) is 0 Å². The van der Waals surface area contributed by atoms with Crippen molar-refractivity contribution in [1.82, 2.24) is 10.2 Å². The lowest BCUT2D eigenvalue weighted by atomic mass is 10.0. The van der Waals surface area contributed by atoms with Gasteiger partial charge in [0.1, 0.15) is 6.54 Å². The summed E-state index contributed by atoms with van der Waals surface area (Å²) in [7, 11) is 0. The standard InChI is InChI=1S/C16H22N2O3/c1-4-21-16(20)7-17-15(19)10-18-8-13-5-11(2)12(3)6-14(13)9-18/h5-6H,4,7-10H2,1-3H3,(H,17,19). The van der Waals surface area contributed by atoms with Crippen molar-refractivity contribution < 1.29 is 14.3 Å². The summed E-state index contributed by atoms with van der Waals surface area (Å²) >= 11 is 0. The quantitative estimate of drug-likeness (QED) is 0.830. The van der Waals surface area contributed by atoms with Crippen LogP contribution in [0.25, 0.3) is 0 Å². The third kappa shape index (κ3) is 4.04. The van der Waals surface area contributed by atoms with E-state index in [-0.39, 0.29) is 12.5 Å². The summed E-state index contributed by atoms with van der Waals surface area (Å²) in [5.41, 5.74) is 5.14. The van der Waals surface area contributed by atoms with E-state index in [1.165, 1.54) is 22.3 Å². The van der Waals surface area contributed by atoms with Gasteiger partial charge in [0.25, 0.3) is 0 Å². The molecule has 0 bridgehead atoms. The predicted octanol–water partition coefficient (Wildman–Crippen LogP) is 1.30. The van der Waals surface area contributed by atoms with Crippen LogP contribution >= 0.6 is 0 Å². The molecule has 0 aromatic heterocycles. The topological polar surface area (TPSA) is 58.6 Å². The van der Waals surface area contributed by atoms with Gasteiger partial charge in [-0.3, -0.25) is 14.5 Å². The second-order valence-corrected chi connectivity index (χ2v) is 5.43. The van der Waals surface area contributed by atoms with Crippen molar-refractivity contribution in [1.29, 1.82) is 0 Å². The summed E-state index contributed by atoms with van der Waals surface area (Å²) in [6.45, 7) is 8.07. The highest BCUT2D eigenvalue weighted by molar-refractivity contribution is 5.83. The van der Waals surface area contributed by atoms with E-state index in [1.807, 2.05) is 0 Å². The molecule has 0 radical (unpaired) electrons. The maximum atomic E-state index is 11.8. The maximum absolute atomic E-state index is 11.8. The summed E-state index contributed by atoms with van der Waals surface area (Å²) < 4.78 is 4.77. The van der Waals surface area contributed by atoms with Crippen LogP contribution in [0.2, 0.25) is 0 Å². The van der Waals surface area contributed by atoms with Crippen molar-refractivity contribution in [2.75, 3.05) is 19.7 Å². The Kier molecular flexibility index (Phi) is 4.96. The number of carbonyl (C=O) groups excluding carboxylic acids is 2. The third-order valence-corrected chi connectivity index (χ3v) is 3.71. The summed E-state index contributed by atoms with van der Waals surface area (Å²) in [6.07, 6.45) is 0. The van der Waals surface area contributed by atoms with Gasteiger partial charge in [-0.15, -0.1) is 0 Å². The summed E-state index contributed by atoms with van der Waals surface area (Å²) in [5, 5.41) is 2.59. The Morgan fingerprint density at radius 2 is 1.76 bits per heavy atom. The third-order valence-electron chi connectivity index (χ3n) is 3.71. The number of amides is 1. The van der Waals surface area contributed by atoms with Crippen LogP contribution in [0.1, 0.15) is 29.2 Å². The molecular weight excluding hydrogens is 268 g/mol. The zero-order chi connectivity index (χ0) is 15.4. The van der Waals surface area contributed by atoms with Crippen molar-refractivity contribution in [2.24, 2.45) is 0 Å². The molecule has 0 aliphatic carbocycles. The molecule has 21 heavy (non-hydrogen) atoms. The normalized spacial score (nSPS) is 13.9. The van der Waals surface area contributed by atoms with E-state index < -0.39 is 5.97 Å². The first-order chi connectivity index (χ1) is 9.99. The number of hydrogen-bond acceptors (Lipinski definition) is 4. The second kappa shape index (κ2) is 6.72. The number of esters is 1. The molecule has 1 aliphatic rings. The van der Waals surface area contributed by atoms with Gasteiger partial charge in [-0.2, -0.15) is 0 Å². The number of benzene rings is 1. The molecule has 1 aliphatic heterocycles. The number of nitrogens with one attached hydrogen (secondary N) is 1. The number of carbonyl (C=O) groups is 2. The Morgan fingerprint density at radius 1 is 1.19 bits per heavy atom. The molecular formula is C16H22N2O3. The lowest BCUT2D eigenvalue weighted by Gasteiger charge is -2.14. The van der Waals surface area contributed by atoms with Crippen molar-refractivity contribution in [3.8, 4) is 0 Å². The van der Waals surface area contributed by atoms with Crippen LogP contribution < -0.4 is 5.32 Å². The van der Waals surface area contributed by atoms with E-state index in [4.69, 9.17) is 4.74 Å². The van der Waals surface area contributed by atoms with Crippen LogP contribution in [-0.2, 0) is 27.4 Å². The van der Waals surface area contributed by atoms with Crippen molar-refractivity contribution in [3.05, 3.63) is 34.4 Å². The largest absolute Gasteiger partial charge is 0.465 e. The van der Waals surface area contributed by atoms with Gasteiger partial charge in [0.15, 0.2) is 0 Å². The molecule has 1 N–H and O–H groups in total. The van der Waals surface area contributed by atoms with Crippen LogP contribution in [0.15, 0.2) is 12.1 Å². The van der Waals surface area contributed by atoms with Gasteiger partial charge in [-0.25, -0.2) is 0 Å². The fraction of sp³-hybridized carbons (Fsp3) is 0.500. The maximum Gasteiger partial charge on any atom is 0.325 e. The fourth-order valence-corrected chi connectivity index (χ4v) is 2.52. The second-order valence-electron chi connectivity index (χ2n) is 5.43. The average Bonchev–Trinajstić information content (AvgIpc) is 2.78. The highest BCUT2D eigenvalue weighted by atomic mass is 16.5. The zero-order valence-corrected chi connectivity index (χ0v) is 12.9. The van der Waals surface area contributed by atoms with Crippen molar-refractivity contribution >= 4 is 11.9 Å². The SMILES string of the molecule is CCOC(=O)CNC(=O)CN1Cc2cc(C)c(C)cc2C1. The number of rotatable bonds is 5. The smallest absolute Gasteiger partial charge is 0.325 e. The molecule has 0 spiro atoms. The molecule has 114 valence electrons. The van der Waals surface area contributed by atoms with E-state index in [1.54, 1.807) is 6.92 Å². The van der Waals surface area contributed by atoms with Gasteiger partial charge in [0.05, 0.1) is 13.2 Å². The van der Waals surface area contributed by atoms with E-state index >= 15 is 0 Å². The van der Waals surface area contributed by atoms with Crippen LogP contribution in [0.4, 0.5) is 0 Å². The van der Waals surface area contributed by atoms with Gasteiger partial charge in [0.2, 0.25) is 5.91 Å². The Balaban J connectivity index is 1.83. The average molecular weight is 290 g/mol. The molecule has 1 aromatic carbocycles. The lowest BCUT2D eigenvalue weighted by molar-refractivity contribution is -0.143. The highest BCUT2D eigenvalue weighted by Gasteiger charge is 2.21. The molecule has 5 nitrogen and oxygen atoms in total. The molecule has 0 fully saturated rings.